The Balaban J connectivity index is 1.78. The van der Waals surface area contributed by atoms with Crippen LogP contribution < -0.4 is 4.74 Å². The van der Waals surface area contributed by atoms with Gasteiger partial charge in [-0.3, -0.25) is 4.90 Å². The number of alkyl halides is 2. The lowest BCUT2D eigenvalue weighted by Gasteiger charge is -2.33. The Morgan fingerprint density at radius 3 is 2.38 bits per heavy atom. The smallest absolute Gasteiger partial charge is 0.272 e. The van der Waals surface area contributed by atoms with Crippen molar-refractivity contribution in [2.24, 2.45) is 5.92 Å². The maximum atomic E-state index is 12.0. The van der Waals surface area contributed by atoms with E-state index in [4.69, 9.17) is 4.74 Å². The van der Waals surface area contributed by atoms with Crippen LogP contribution in [0.3, 0.4) is 0 Å². The van der Waals surface area contributed by atoms with E-state index in [1.54, 1.807) is 12.1 Å². The highest BCUT2D eigenvalue weighted by Gasteiger charge is 2.22. The van der Waals surface area contributed by atoms with E-state index >= 15 is 0 Å². The molecule has 1 aliphatic heterocycles. The average molecular weight is 299 g/mol. The summed E-state index contributed by atoms with van der Waals surface area (Å²) in [5, 5.41) is 9.59. The summed E-state index contributed by atoms with van der Waals surface area (Å²) in [6.07, 6.45) is -0.626. The Labute approximate surface area is 124 Å². The molecule has 1 N–H and O–H groups in total. The van der Waals surface area contributed by atoms with Crippen molar-refractivity contribution in [3.8, 4) is 5.75 Å². The van der Waals surface area contributed by atoms with Gasteiger partial charge in [-0.1, -0.05) is 12.1 Å². The van der Waals surface area contributed by atoms with Crippen LogP contribution in [-0.4, -0.2) is 42.2 Å². The van der Waals surface area contributed by atoms with E-state index in [2.05, 4.69) is 4.90 Å². The lowest BCUT2D eigenvalue weighted by Crippen LogP contribution is -2.36. The molecular formula is C16H23F2NO2. The maximum Gasteiger partial charge on any atom is 0.272 e. The van der Waals surface area contributed by atoms with E-state index < -0.39 is 13.0 Å². The van der Waals surface area contributed by atoms with Crippen molar-refractivity contribution in [2.75, 3.05) is 19.7 Å². The van der Waals surface area contributed by atoms with Gasteiger partial charge in [-0.25, -0.2) is 8.78 Å². The second kappa shape index (κ2) is 7.71. The largest absolute Gasteiger partial charge is 0.488 e. The van der Waals surface area contributed by atoms with Crippen molar-refractivity contribution in [1.29, 1.82) is 0 Å². The molecule has 1 unspecified atom stereocenters. The molecule has 1 atom stereocenters. The van der Waals surface area contributed by atoms with Gasteiger partial charge in [-0.15, -0.1) is 0 Å². The highest BCUT2D eigenvalue weighted by molar-refractivity contribution is 5.27. The summed E-state index contributed by atoms with van der Waals surface area (Å²) in [5.74, 6) is 0.887. The van der Waals surface area contributed by atoms with E-state index in [9.17, 15) is 13.9 Å². The number of aliphatic hydroxyl groups is 1. The molecule has 1 aliphatic rings. The predicted octanol–water partition coefficient (Wildman–Crippen LogP) is 2.92. The number of hydrogen-bond acceptors (Lipinski definition) is 3. The zero-order valence-corrected chi connectivity index (χ0v) is 12.3. The normalized spacial score (nSPS) is 18.9. The van der Waals surface area contributed by atoms with Crippen LogP contribution in [0, 0.1) is 5.92 Å². The first kappa shape index (κ1) is 16.2. The van der Waals surface area contributed by atoms with Crippen LogP contribution in [0.2, 0.25) is 0 Å². The Bertz CT molecular complexity index is 415. The third kappa shape index (κ3) is 5.25. The van der Waals surface area contributed by atoms with E-state index in [1.807, 2.05) is 19.1 Å². The Morgan fingerprint density at radius 1 is 1.24 bits per heavy atom. The molecule has 0 bridgehead atoms. The first-order chi connectivity index (χ1) is 10.0. The topological polar surface area (TPSA) is 32.7 Å². The third-order valence-electron chi connectivity index (χ3n) is 4.02. The van der Waals surface area contributed by atoms with Gasteiger partial charge in [0.1, 0.15) is 12.4 Å². The summed E-state index contributed by atoms with van der Waals surface area (Å²) in [5.41, 5.74) is 1.15. The molecule has 1 fully saturated rings. The van der Waals surface area contributed by atoms with Gasteiger partial charge in [0.05, 0.1) is 6.10 Å². The van der Waals surface area contributed by atoms with E-state index in [1.165, 1.54) is 0 Å². The number of piperidine rings is 1. The predicted molar refractivity (Wildman–Crippen MR) is 77.6 cm³/mol. The van der Waals surface area contributed by atoms with Gasteiger partial charge < -0.3 is 9.84 Å². The second-order valence-corrected chi connectivity index (χ2v) is 5.70. The van der Waals surface area contributed by atoms with Crippen LogP contribution in [0.4, 0.5) is 8.78 Å². The quantitative estimate of drug-likeness (QED) is 0.876. The van der Waals surface area contributed by atoms with Gasteiger partial charge in [0, 0.05) is 6.54 Å². The molecule has 118 valence electrons. The molecule has 0 saturated carbocycles. The van der Waals surface area contributed by atoms with Crippen LogP contribution in [0.25, 0.3) is 0 Å². The number of nitrogens with zero attached hydrogens (tertiary/aromatic N) is 1. The highest BCUT2D eigenvalue weighted by Crippen LogP contribution is 2.22. The summed E-state index contributed by atoms with van der Waals surface area (Å²) >= 11 is 0. The minimum absolute atomic E-state index is 0.224. The molecule has 0 spiro atoms. The van der Waals surface area contributed by atoms with Gasteiger partial charge >= 0.3 is 0 Å². The summed E-state index contributed by atoms with van der Waals surface area (Å²) in [6.45, 7) is 4.12. The molecule has 0 amide bonds. The molecule has 1 saturated heterocycles. The van der Waals surface area contributed by atoms with Gasteiger partial charge in [0.2, 0.25) is 0 Å². The monoisotopic (exact) mass is 299 g/mol. The number of benzene rings is 1. The second-order valence-electron chi connectivity index (χ2n) is 5.70. The van der Waals surface area contributed by atoms with Gasteiger partial charge in [0.15, 0.2) is 0 Å². The molecule has 2 rings (SSSR count). The molecule has 1 aromatic carbocycles. The zero-order valence-electron chi connectivity index (χ0n) is 12.3. The Morgan fingerprint density at radius 2 is 1.86 bits per heavy atom. The maximum absolute atomic E-state index is 12.0. The molecule has 0 radical (unpaired) electrons. The van der Waals surface area contributed by atoms with Crippen LogP contribution in [-0.2, 0) is 6.54 Å². The van der Waals surface area contributed by atoms with Crippen molar-refractivity contribution in [3.05, 3.63) is 29.8 Å². The van der Waals surface area contributed by atoms with Gasteiger partial charge in [0.25, 0.3) is 6.43 Å². The fourth-order valence-electron chi connectivity index (χ4n) is 2.70. The van der Waals surface area contributed by atoms with Crippen LogP contribution in [0.5, 0.6) is 5.75 Å². The molecule has 0 aliphatic carbocycles. The summed E-state index contributed by atoms with van der Waals surface area (Å²) in [4.78, 5) is 2.36. The third-order valence-corrected chi connectivity index (χ3v) is 4.02. The van der Waals surface area contributed by atoms with Crippen LogP contribution in [0.1, 0.15) is 25.3 Å². The molecule has 3 nitrogen and oxygen atoms in total. The molecule has 1 aromatic rings. The van der Waals surface area contributed by atoms with Crippen LogP contribution in [0.15, 0.2) is 24.3 Å². The zero-order chi connectivity index (χ0) is 15.2. The number of likely N-dealkylation sites (tertiary alicyclic amines) is 1. The number of hydrogen-bond donors (Lipinski definition) is 1. The van der Waals surface area contributed by atoms with Crippen molar-refractivity contribution in [2.45, 2.75) is 38.8 Å². The summed E-state index contributed by atoms with van der Waals surface area (Å²) in [6, 6.07) is 7.31. The minimum Gasteiger partial charge on any atom is -0.488 e. The minimum atomic E-state index is -2.44. The highest BCUT2D eigenvalue weighted by atomic mass is 19.3. The standard InChI is InChI=1S/C16H23F2NO2/c1-12(20)14-6-8-19(9-7-14)10-13-2-4-15(5-3-13)21-11-16(17)18/h2-5,12,14,16,20H,6-11H2,1H3. The van der Waals surface area contributed by atoms with Crippen molar-refractivity contribution < 1.29 is 18.6 Å². The van der Waals surface area contributed by atoms with Crippen molar-refractivity contribution in [1.82, 2.24) is 4.90 Å². The fraction of sp³-hybridized carbons (Fsp3) is 0.625. The van der Waals surface area contributed by atoms with Crippen molar-refractivity contribution in [3.63, 3.8) is 0 Å². The lowest BCUT2D eigenvalue weighted by atomic mass is 9.92. The van der Waals surface area contributed by atoms with E-state index in [0.29, 0.717) is 11.7 Å². The van der Waals surface area contributed by atoms with E-state index in [-0.39, 0.29) is 6.10 Å². The van der Waals surface area contributed by atoms with Gasteiger partial charge in [-0.2, -0.15) is 0 Å². The van der Waals surface area contributed by atoms with Crippen molar-refractivity contribution >= 4 is 0 Å². The Kier molecular flexibility index (Phi) is 5.94. The number of ether oxygens (including phenoxy) is 1. The molecule has 0 aromatic heterocycles. The first-order valence-corrected chi connectivity index (χ1v) is 7.45. The SMILES string of the molecule is CC(O)C1CCN(Cc2ccc(OCC(F)F)cc2)CC1. The molecular weight excluding hydrogens is 276 g/mol. The number of halogens is 2. The van der Waals surface area contributed by atoms with Crippen LogP contribution >= 0.6 is 0 Å². The summed E-state index contributed by atoms with van der Waals surface area (Å²) in [7, 11) is 0. The van der Waals surface area contributed by atoms with E-state index in [0.717, 1.165) is 38.0 Å². The summed E-state index contributed by atoms with van der Waals surface area (Å²) < 4.78 is 29.1. The lowest BCUT2D eigenvalue weighted by molar-refractivity contribution is 0.0695. The molecule has 21 heavy (non-hydrogen) atoms. The fourth-order valence-corrected chi connectivity index (χ4v) is 2.70. The molecule has 1 heterocycles. The number of aliphatic hydroxyl groups excluding tert-OH is 1. The average Bonchev–Trinajstić information content (AvgIpc) is 2.47. The van der Waals surface area contributed by atoms with Gasteiger partial charge in [-0.05, 0) is 56.5 Å². The Hall–Kier alpha value is -1.20. The number of rotatable bonds is 6. The first-order valence-electron chi connectivity index (χ1n) is 7.45. The molecule has 5 heteroatoms.